The summed E-state index contributed by atoms with van der Waals surface area (Å²) < 4.78 is 13.4. The van der Waals surface area contributed by atoms with Crippen molar-refractivity contribution in [3.05, 3.63) is 63.9 Å². The molecule has 0 bridgehead atoms. The third-order valence-corrected chi connectivity index (χ3v) is 3.63. The second kappa shape index (κ2) is 4.86. The van der Waals surface area contributed by atoms with Crippen molar-refractivity contribution in [1.29, 1.82) is 0 Å². The molecule has 4 nitrogen and oxygen atoms in total. The molecule has 0 aromatic heterocycles. The molecule has 0 fully saturated rings. The van der Waals surface area contributed by atoms with Crippen LogP contribution >= 0.6 is 11.6 Å². The number of halogens is 2. The van der Waals surface area contributed by atoms with Crippen LogP contribution in [0.25, 0.3) is 0 Å². The third kappa shape index (κ3) is 2.25. The molecule has 0 saturated carbocycles. The molecule has 2 aromatic carbocycles. The van der Waals surface area contributed by atoms with Crippen molar-refractivity contribution in [2.75, 3.05) is 5.73 Å². The van der Waals surface area contributed by atoms with Gasteiger partial charge < -0.3 is 5.73 Å². The molecule has 106 valence electrons. The van der Waals surface area contributed by atoms with E-state index in [9.17, 15) is 14.0 Å². The van der Waals surface area contributed by atoms with Crippen LogP contribution in [0.1, 0.15) is 26.3 Å². The van der Waals surface area contributed by atoms with Gasteiger partial charge in [-0.2, -0.15) is 0 Å². The summed E-state index contributed by atoms with van der Waals surface area (Å²) in [6.07, 6.45) is 0. The van der Waals surface area contributed by atoms with E-state index in [0.29, 0.717) is 16.8 Å². The molecule has 0 spiro atoms. The Labute approximate surface area is 124 Å². The molecule has 2 aromatic rings. The van der Waals surface area contributed by atoms with Gasteiger partial charge in [0.1, 0.15) is 5.82 Å². The zero-order valence-electron chi connectivity index (χ0n) is 10.8. The first-order valence-corrected chi connectivity index (χ1v) is 6.55. The van der Waals surface area contributed by atoms with Gasteiger partial charge in [-0.3, -0.25) is 14.5 Å². The van der Waals surface area contributed by atoms with Gasteiger partial charge in [0, 0.05) is 5.69 Å². The number of carbonyl (C=O) groups is 2. The quantitative estimate of drug-likeness (QED) is 0.685. The predicted molar refractivity (Wildman–Crippen MR) is 76.5 cm³/mol. The number of anilines is 1. The number of imide groups is 1. The second-order valence-electron chi connectivity index (χ2n) is 4.75. The number of hydrogen-bond acceptors (Lipinski definition) is 3. The molecule has 6 heteroatoms. The fraction of sp³-hybridized carbons (Fsp3) is 0.0667. The van der Waals surface area contributed by atoms with Gasteiger partial charge in [0.25, 0.3) is 11.8 Å². The average Bonchev–Trinajstić information content (AvgIpc) is 2.68. The molecule has 1 aliphatic rings. The number of rotatable bonds is 2. The highest BCUT2D eigenvalue weighted by molar-refractivity contribution is 6.30. The minimum Gasteiger partial charge on any atom is -0.399 e. The number of nitrogens with zero attached hydrogens (tertiary/aromatic N) is 1. The lowest BCUT2D eigenvalue weighted by Gasteiger charge is -2.14. The minimum absolute atomic E-state index is 0.00566. The van der Waals surface area contributed by atoms with Gasteiger partial charge in [-0.1, -0.05) is 17.7 Å². The van der Waals surface area contributed by atoms with Crippen molar-refractivity contribution in [2.24, 2.45) is 0 Å². The highest BCUT2D eigenvalue weighted by Gasteiger charge is 2.35. The van der Waals surface area contributed by atoms with E-state index in [1.165, 1.54) is 24.3 Å². The van der Waals surface area contributed by atoms with Crippen LogP contribution < -0.4 is 5.73 Å². The third-order valence-electron chi connectivity index (χ3n) is 3.32. The lowest BCUT2D eigenvalue weighted by Crippen LogP contribution is -2.29. The van der Waals surface area contributed by atoms with Gasteiger partial charge in [0.2, 0.25) is 0 Å². The molecule has 2 N–H and O–H groups in total. The van der Waals surface area contributed by atoms with E-state index in [-0.39, 0.29) is 17.1 Å². The van der Waals surface area contributed by atoms with Crippen molar-refractivity contribution in [3.63, 3.8) is 0 Å². The highest BCUT2D eigenvalue weighted by atomic mass is 35.5. The molecule has 0 saturated heterocycles. The Morgan fingerprint density at radius 2 is 1.76 bits per heavy atom. The number of hydrogen-bond donors (Lipinski definition) is 1. The van der Waals surface area contributed by atoms with Crippen LogP contribution in [0.4, 0.5) is 10.1 Å². The number of nitrogen functional groups attached to an aromatic ring is 1. The summed E-state index contributed by atoms with van der Waals surface area (Å²) in [5.74, 6) is -1.43. The second-order valence-corrected chi connectivity index (χ2v) is 5.16. The Morgan fingerprint density at radius 1 is 1.05 bits per heavy atom. The maximum Gasteiger partial charge on any atom is 0.261 e. The largest absolute Gasteiger partial charge is 0.399 e. The normalized spacial score (nSPS) is 13.7. The maximum absolute atomic E-state index is 13.4. The Kier molecular flexibility index (Phi) is 3.14. The van der Waals surface area contributed by atoms with Gasteiger partial charge in [-0.25, -0.2) is 4.39 Å². The molecule has 1 aliphatic heterocycles. The van der Waals surface area contributed by atoms with E-state index in [2.05, 4.69) is 0 Å². The Bertz CT molecular complexity index is 776. The minimum atomic E-state index is -0.588. The number of fused-ring (bicyclic) bond motifs is 1. The summed E-state index contributed by atoms with van der Waals surface area (Å²) in [6.45, 7) is -0.0136. The van der Waals surface area contributed by atoms with Crippen LogP contribution in [-0.4, -0.2) is 16.7 Å². The van der Waals surface area contributed by atoms with Crippen molar-refractivity contribution in [3.8, 4) is 0 Å². The first-order valence-electron chi connectivity index (χ1n) is 6.17. The molecule has 0 atom stereocenters. The molecule has 0 aliphatic carbocycles. The molecule has 21 heavy (non-hydrogen) atoms. The van der Waals surface area contributed by atoms with Crippen molar-refractivity contribution in [1.82, 2.24) is 4.90 Å². The molecule has 3 rings (SSSR count). The fourth-order valence-electron chi connectivity index (χ4n) is 2.27. The lowest BCUT2D eigenvalue weighted by molar-refractivity contribution is 0.0642. The van der Waals surface area contributed by atoms with E-state index < -0.39 is 17.6 Å². The predicted octanol–water partition coefficient (Wildman–Crippen LogP) is 2.86. The van der Waals surface area contributed by atoms with Crippen LogP contribution in [0, 0.1) is 5.82 Å². The van der Waals surface area contributed by atoms with Crippen molar-refractivity contribution in [2.45, 2.75) is 6.54 Å². The van der Waals surface area contributed by atoms with Crippen LogP contribution in [0.5, 0.6) is 0 Å². The van der Waals surface area contributed by atoms with Gasteiger partial charge in [0.05, 0.1) is 22.7 Å². The lowest BCUT2D eigenvalue weighted by atomic mass is 10.1. The summed E-state index contributed by atoms with van der Waals surface area (Å²) >= 11 is 5.61. The molecule has 0 unspecified atom stereocenters. The molecule has 1 heterocycles. The maximum atomic E-state index is 13.4. The summed E-state index contributed by atoms with van der Waals surface area (Å²) in [7, 11) is 0. The Balaban J connectivity index is 1.93. The number of carbonyl (C=O) groups excluding carboxylic acids is 2. The van der Waals surface area contributed by atoms with Crippen LogP contribution in [-0.2, 0) is 6.54 Å². The summed E-state index contributed by atoms with van der Waals surface area (Å²) in [5.41, 5.74) is 7.11. The van der Waals surface area contributed by atoms with Gasteiger partial charge in [-0.15, -0.1) is 0 Å². The van der Waals surface area contributed by atoms with Crippen molar-refractivity contribution < 1.29 is 14.0 Å². The summed E-state index contributed by atoms with van der Waals surface area (Å²) in [4.78, 5) is 25.5. The molecular weight excluding hydrogens is 295 g/mol. The van der Waals surface area contributed by atoms with Crippen LogP contribution in [0.2, 0.25) is 5.02 Å². The fourth-order valence-corrected chi connectivity index (χ4v) is 2.39. The van der Waals surface area contributed by atoms with Gasteiger partial charge >= 0.3 is 0 Å². The standard InChI is InChI=1S/C15H10ClFN2O2/c16-12-4-1-8(5-13(12)17)7-19-14(20)10-3-2-9(18)6-11(10)15(19)21/h1-6H,7,18H2. The SMILES string of the molecule is Nc1ccc2c(c1)C(=O)N(Cc1ccc(Cl)c(F)c1)C2=O. The van der Waals surface area contributed by atoms with E-state index in [4.69, 9.17) is 17.3 Å². The Hall–Kier alpha value is -2.40. The van der Waals surface area contributed by atoms with Crippen molar-refractivity contribution >= 4 is 29.1 Å². The van der Waals surface area contributed by atoms with Crippen LogP contribution in [0.15, 0.2) is 36.4 Å². The van der Waals surface area contributed by atoms with Crippen LogP contribution in [0.3, 0.4) is 0 Å². The van der Waals surface area contributed by atoms with E-state index in [0.717, 1.165) is 4.90 Å². The van der Waals surface area contributed by atoms with E-state index in [1.54, 1.807) is 12.1 Å². The topological polar surface area (TPSA) is 63.4 Å². The van der Waals surface area contributed by atoms with E-state index in [1.807, 2.05) is 0 Å². The van der Waals surface area contributed by atoms with Gasteiger partial charge in [-0.05, 0) is 35.9 Å². The monoisotopic (exact) mass is 304 g/mol. The highest BCUT2D eigenvalue weighted by Crippen LogP contribution is 2.27. The summed E-state index contributed by atoms with van der Waals surface area (Å²) in [6, 6.07) is 8.73. The molecule has 2 amide bonds. The first kappa shape index (κ1) is 13.6. The average molecular weight is 305 g/mol. The zero-order chi connectivity index (χ0) is 15.1. The number of amides is 2. The summed E-state index contributed by atoms with van der Waals surface area (Å²) in [5, 5.41) is -0.00566. The Morgan fingerprint density at radius 3 is 2.48 bits per heavy atom. The number of nitrogens with two attached hydrogens (primary N) is 1. The molecule has 0 radical (unpaired) electrons. The number of benzene rings is 2. The smallest absolute Gasteiger partial charge is 0.261 e. The van der Waals surface area contributed by atoms with Gasteiger partial charge in [0.15, 0.2) is 0 Å². The molecular formula is C15H10ClFN2O2. The first-order chi connectivity index (χ1) is 9.97. The van der Waals surface area contributed by atoms with E-state index >= 15 is 0 Å². The zero-order valence-corrected chi connectivity index (χ0v) is 11.5.